The molecule has 0 aromatic carbocycles. The molecule has 0 saturated carbocycles. The van der Waals surface area contributed by atoms with E-state index in [2.05, 4.69) is 61.3 Å². The van der Waals surface area contributed by atoms with Crippen LogP contribution in [0.2, 0.25) is 0 Å². The van der Waals surface area contributed by atoms with Crippen molar-refractivity contribution >= 4 is 0 Å². The van der Waals surface area contributed by atoms with Crippen LogP contribution in [0.5, 0.6) is 0 Å². The lowest BCUT2D eigenvalue weighted by Gasteiger charge is -2.07. The minimum absolute atomic E-state index is 0.630. The van der Waals surface area contributed by atoms with E-state index >= 15 is 0 Å². The van der Waals surface area contributed by atoms with Crippen LogP contribution in [0.25, 0.3) is 0 Å². The smallest absolute Gasteiger partial charge is 0.0199 e. The summed E-state index contributed by atoms with van der Waals surface area (Å²) in [5.41, 5.74) is 0. The molecule has 0 heteroatoms. The predicted octanol–water partition coefficient (Wildman–Crippen LogP) is 6.54. The first-order valence-electron chi connectivity index (χ1n) is 8.16. The van der Waals surface area contributed by atoms with E-state index in [0.717, 1.165) is 12.8 Å². The van der Waals surface area contributed by atoms with E-state index in [0.29, 0.717) is 5.92 Å². The third-order valence-corrected chi connectivity index (χ3v) is 3.64. The first-order chi connectivity index (χ1) is 9.93. The highest BCUT2D eigenvalue weighted by atomic mass is 14.0. The van der Waals surface area contributed by atoms with Gasteiger partial charge in [-0.2, -0.15) is 0 Å². The molecule has 20 heavy (non-hydrogen) atoms. The summed E-state index contributed by atoms with van der Waals surface area (Å²) in [4.78, 5) is 0. The van der Waals surface area contributed by atoms with Gasteiger partial charge in [0.1, 0.15) is 0 Å². The van der Waals surface area contributed by atoms with Crippen LogP contribution in [0.15, 0.2) is 61.3 Å². The van der Waals surface area contributed by atoms with E-state index in [1.807, 2.05) is 0 Å². The molecule has 0 N–H and O–H groups in total. The molecular formula is C20H30. The summed E-state index contributed by atoms with van der Waals surface area (Å²) in [6.07, 6.45) is 31.2. The van der Waals surface area contributed by atoms with Gasteiger partial charge in [-0.15, -0.1) is 6.58 Å². The van der Waals surface area contributed by atoms with Gasteiger partial charge in [-0.25, -0.2) is 0 Å². The van der Waals surface area contributed by atoms with Crippen molar-refractivity contribution < 1.29 is 0 Å². The molecule has 0 radical (unpaired) electrons. The van der Waals surface area contributed by atoms with Crippen molar-refractivity contribution in [3.05, 3.63) is 61.3 Å². The Bertz CT molecular complexity index is 341. The van der Waals surface area contributed by atoms with Gasteiger partial charge in [-0.05, 0) is 63.7 Å². The van der Waals surface area contributed by atoms with Crippen LogP contribution in [0, 0.1) is 5.92 Å². The maximum atomic E-state index is 3.96. The molecule has 1 unspecified atom stereocenters. The molecule has 1 rings (SSSR count). The van der Waals surface area contributed by atoms with Crippen LogP contribution < -0.4 is 0 Å². The summed E-state index contributed by atoms with van der Waals surface area (Å²) >= 11 is 0. The van der Waals surface area contributed by atoms with Gasteiger partial charge in [0.2, 0.25) is 0 Å². The molecule has 110 valence electrons. The lowest BCUT2D eigenvalue weighted by atomic mass is 9.99. The summed E-state index contributed by atoms with van der Waals surface area (Å²) < 4.78 is 0. The molecule has 0 bridgehead atoms. The van der Waals surface area contributed by atoms with E-state index < -0.39 is 0 Å². The molecule has 1 atom stereocenters. The second-order valence-electron chi connectivity index (χ2n) is 5.43. The molecular weight excluding hydrogens is 240 g/mol. The zero-order valence-corrected chi connectivity index (χ0v) is 12.8. The van der Waals surface area contributed by atoms with E-state index in [9.17, 15) is 0 Å². The fourth-order valence-corrected chi connectivity index (χ4v) is 2.32. The molecule has 0 spiro atoms. The fraction of sp³-hybridized carbons (Fsp3) is 0.500. The largest absolute Gasteiger partial charge is 0.103 e. The van der Waals surface area contributed by atoms with Gasteiger partial charge in [0, 0.05) is 0 Å². The fourth-order valence-electron chi connectivity index (χ4n) is 2.32. The summed E-state index contributed by atoms with van der Waals surface area (Å²) in [5.74, 6) is 0.630. The second kappa shape index (κ2) is 12.7. The summed E-state index contributed by atoms with van der Waals surface area (Å²) in [6, 6.07) is 0. The Labute approximate surface area is 125 Å². The van der Waals surface area contributed by atoms with Crippen molar-refractivity contribution in [3.63, 3.8) is 0 Å². The normalized spacial score (nSPS) is 23.1. The second-order valence-corrected chi connectivity index (χ2v) is 5.43. The molecule has 0 nitrogen and oxygen atoms in total. The van der Waals surface area contributed by atoms with Gasteiger partial charge in [0.25, 0.3) is 0 Å². The van der Waals surface area contributed by atoms with Crippen LogP contribution in [-0.4, -0.2) is 0 Å². The number of allylic oxidation sites excluding steroid dienone is 9. The molecule has 0 amide bonds. The average molecular weight is 270 g/mol. The zero-order valence-electron chi connectivity index (χ0n) is 12.8. The van der Waals surface area contributed by atoms with E-state index in [-0.39, 0.29) is 0 Å². The minimum atomic E-state index is 0.630. The van der Waals surface area contributed by atoms with Gasteiger partial charge in [0.05, 0.1) is 0 Å². The third-order valence-electron chi connectivity index (χ3n) is 3.64. The number of hydrogen-bond acceptors (Lipinski definition) is 0. The Morgan fingerprint density at radius 1 is 0.600 bits per heavy atom. The third kappa shape index (κ3) is 9.61. The SMILES string of the molecule is C=CC1CC=CCCC=CCCC=CCCC=CCC1. The molecule has 1 aliphatic rings. The van der Waals surface area contributed by atoms with Crippen LogP contribution in [-0.2, 0) is 0 Å². The number of rotatable bonds is 1. The first kappa shape index (κ1) is 16.8. The lowest BCUT2D eigenvalue weighted by Crippen LogP contribution is -1.93. The van der Waals surface area contributed by atoms with Crippen LogP contribution in [0.1, 0.15) is 57.8 Å². The van der Waals surface area contributed by atoms with Crippen molar-refractivity contribution in [1.82, 2.24) is 0 Å². The highest BCUT2D eigenvalue weighted by molar-refractivity contribution is 4.95. The Hall–Kier alpha value is -1.30. The quantitative estimate of drug-likeness (QED) is 0.475. The molecule has 1 aliphatic carbocycles. The molecule has 0 aromatic rings. The van der Waals surface area contributed by atoms with Crippen molar-refractivity contribution in [2.24, 2.45) is 5.92 Å². The van der Waals surface area contributed by atoms with E-state index in [1.165, 1.54) is 44.9 Å². The average Bonchev–Trinajstić information content (AvgIpc) is 2.47. The maximum absolute atomic E-state index is 3.96. The van der Waals surface area contributed by atoms with Gasteiger partial charge in [-0.1, -0.05) is 54.7 Å². The van der Waals surface area contributed by atoms with E-state index in [1.54, 1.807) is 0 Å². The van der Waals surface area contributed by atoms with Gasteiger partial charge in [-0.3, -0.25) is 0 Å². The van der Waals surface area contributed by atoms with Crippen molar-refractivity contribution in [2.45, 2.75) is 57.8 Å². The maximum Gasteiger partial charge on any atom is -0.0199 e. The summed E-state index contributed by atoms with van der Waals surface area (Å²) in [5, 5.41) is 0. The molecule has 0 aromatic heterocycles. The standard InChI is InChI=1S/C20H30/c1-2-20-18-16-14-12-10-8-6-4-3-5-7-9-11-13-15-17-19-20/h2,4,6-7,9,12,14-15,17,20H,1,3,5,8,10-11,13,16,18-19H2. The van der Waals surface area contributed by atoms with Crippen molar-refractivity contribution in [3.8, 4) is 0 Å². The van der Waals surface area contributed by atoms with Crippen molar-refractivity contribution in [1.29, 1.82) is 0 Å². The Balaban J connectivity index is 2.41. The number of hydrogen-bond donors (Lipinski definition) is 0. The topological polar surface area (TPSA) is 0 Å². The lowest BCUT2D eigenvalue weighted by molar-refractivity contribution is 0.606. The monoisotopic (exact) mass is 270 g/mol. The highest BCUT2D eigenvalue weighted by Gasteiger charge is 1.99. The Kier molecular flexibility index (Phi) is 10.7. The van der Waals surface area contributed by atoms with Crippen LogP contribution >= 0.6 is 0 Å². The zero-order chi connectivity index (χ0) is 14.3. The van der Waals surface area contributed by atoms with E-state index in [4.69, 9.17) is 0 Å². The Morgan fingerprint density at radius 2 is 1.00 bits per heavy atom. The van der Waals surface area contributed by atoms with Gasteiger partial charge in [0.15, 0.2) is 0 Å². The van der Waals surface area contributed by atoms with Gasteiger partial charge < -0.3 is 0 Å². The minimum Gasteiger partial charge on any atom is -0.103 e. The molecule has 0 saturated heterocycles. The first-order valence-corrected chi connectivity index (χ1v) is 8.16. The van der Waals surface area contributed by atoms with Crippen molar-refractivity contribution in [2.75, 3.05) is 0 Å². The summed E-state index contributed by atoms with van der Waals surface area (Å²) in [7, 11) is 0. The predicted molar refractivity (Wildman–Crippen MR) is 91.8 cm³/mol. The Morgan fingerprint density at radius 3 is 1.45 bits per heavy atom. The van der Waals surface area contributed by atoms with Crippen LogP contribution in [0.3, 0.4) is 0 Å². The highest BCUT2D eigenvalue weighted by Crippen LogP contribution is 2.14. The van der Waals surface area contributed by atoms with Crippen LogP contribution in [0.4, 0.5) is 0 Å². The molecule has 0 fully saturated rings. The summed E-state index contributed by atoms with van der Waals surface area (Å²) in [6.45, 7) is 3.96. The molecule has 0 aliphatic heterocycles. The molecule has 0 heterocycles. The van der Waals surface area contributed by atoms with Gasteiger partial charge >= 0.3 is 0 Å².